The van der Waals surface area contributed by atoms with Crippen molar-refractivity contribution < 1.29 is 24.6 Å². The molecule has 3 atom stereocenters. The van der Waals surface area contributed by atoms with Gasteiger partial charge in [0.1, 0.15) is 11.9 Å². The number of carbonyl (C=O) groups excluding carboxylic acids is 2. The number of piperazine rings is 1. The quantitative estimate of drug-likeness (QED) is 0.485. The Hall–Kier alpha value is -2.32. The van der Waals surface area contributed by atoms with Crippen LogP contribution in [0.1, 0.15) is 32.8 Å². The molecule has 1 aromatic carbocycles. The molecule has 2 aliphatic rings. The van der Waals surface area contributed by atoms with E-state index in [0.717, 1.165) is 24.5 Å². The molecule has 0 unspecified atom stereocenters. The first-order chi connectivity index (χ1) is 13.8. The Morgan fingerprint density at radius 2 is 2.07 bits per heavy atom. The van der Waals surface area contributed by atoms with E-state index in [1.165, 1.54) is 11.0 Å². The summed E-state index contributed by atoms with van der Waals surface area (Å²) in [6.07, 6.45) is -0.291. The minimum absolute atomic E-state index is 0.0696. The predicted molar refractivity (Wildman–Crippen MR) is 108 cm³/mol. The fourth-order valence-corrected chi connectivity index (χ4v) is 4.22. The highest BCUT2D eigenvalue weighted by atomic mass is 16.5. The zero-order valence-corrected chi connectivity index (χ0v) is 17.3. The summed E-state index contributed by atoms with van der Waals surface area (Å²) in [5.74, 6) is -1.01. The van der Waals surface area contributed by atoms with Gasteiger partial charge < -0.3 is 19.6 Å². The van der Waals surface area contributed by atoms with E-state index >= 15 is 0 Å². The molecule has 2 heterocycles. The van der Waals surface area contributed by atoms with Crippen LogP contribution in [0.4, 0.5) is 5.69 Å². The molecule has 0 saturated carbocycles. The van der Waals surface area contributed by atoms with Crippen molar-refractivity contribution in [3.8, 4) is 5.75 Å². The minimum Gasteiger partial charge on any atom is -0.493 e. The van der Waals surface area contributed by atoms with Crippen molar-refractivity contribution in [3.63, 3.8) is 0 Å². The smallest absolute Gasteiger partial charge is 0.272 e. The molecule has 0 aliphatic carbocycles. The Morgan fingerprint density at radius 1 is 1.31 bits per heavy atom. The summed E-state index contributed by atoms with van der Waals surface area (Å²) in [6.45, 7) is 8.42. The third-order valence-corrected chi connectivity index (χ3v) is 5.75. The Balaban J connectivity index is 1.70. The molecule has 0 aromatic heterocycles. The van der Waals surface area contributed by atoms with Crippen LogP contribution >= 0.6 is 0 Å². The lowest BCUT2D eigenvalue weighted by Gasteiger charge is -2.43. The highest BCUT2D eigenvalue weighted by molar-refractivity contribution is 5.89. The van der Waals surface area contributed by atoms with Crippen LogP contribution in [0.5, 0.6) is 5.75 Å². The van der Waals surface area contributed by atoms with Gasteiger partial charge in [-0.3, -0.25) is 14.8 Å². The molecule has 0 bridgehead atoms. The molecule has 1 fully saturated rings. The van der Waals surface area contributed by atoms with Crippen LogP contribution < -0.4 is 15.1 Å². The molecule has 0 radical (unpaired) electrons. The van der Waals surface area contributed by atoms with Gasteiger partial charge in [-0.1, -0.05) is 13.8 Å². The zero-order valence-electron chi connectivity index (χ0n) is 17.3. The van der Waals surface area contributed by atoms with Crippen LogP contribution in [0.15, 0.2) is 18.2 Å². The number of anilines is 1. The average Bonchev–Trinajstić information content (AvgIpc) is 3.18. The first-order valence-electron chi connectivity index (χ1n) is 10.2. The summed E-state index contributed by atoms with van der Waals surface area (Å²) in [5.41, 5.74) is 3.79. The molecule has 2 amide bonds. The van der Waals surface area contributed by atoms with Gasteiger partial charge in [0.2, 0.25) is 5.91 Å². The topological polar surface area (TPSA) is 102 Å². The second-order valence-corrected chi connectivity index (χ2v) is 8.37. The van der Waals surface area contributed by atoms with Crippen LogP contribution in [0.2, 0.25) is 0 Å². The normalized spacial score (nSPS) is 20.8. The van der Waals surface area contributed by atoms with E-state index in [-0.39, 0.29) is 17.9 Å². The number of aliphatic hydroxyl groups excluding tert-OH is 1. The Labute approximate surface area is 171 Å². The number of aliphatic hydroxyl groups is 1. The van der Waals surface area contributed by atoms with Gasteiger partial charge in [0.25, 0.3) is 5.91 Å². The van der Waals surface area contributed by atoms with Gasteiger partial charge >= 0.3 is 0 Å². The number of nitrogens with one attached hydrogen (secondary N) is 1. The number of carbonyl (C=O) groups is 2. The molecule has 8 heteroatoms. The highest BCUT2D eigenvalue weighted by Crippen LogP contribution is 2.31. The summed E-state index contributed by atoms with van der Waals surface area (Å²) in [4.78, 5) is 28.9. The van der Waals surface area contributed by atoms with Crippen LogP contribution in [0.25, 0.3) is 0 Å². The van der Waals surface area contributed by atoms with Gasteiger partial charge in [-0.15, -0.1) is 0 Å². The Bertz CT molecular complexity index is 754. The number of rotatable bonds is 6. The molecule has 1 aromatic rings. The second kappa shape index (κ2) is 9.00. The molecular formula is C21H31N3O5. The van der Waals surface area contributed by atoms with E-state index in [0.29, 0.717) is 26.1 Å². The Morgan fingerprint density at radius 3 is 2.72 bits per heavy atom. The highest BCUT2D eigenvalue weighted by Gasteiger charge is 2.38. The molecule has 2 aliphatic heterocycles. The number of ether oxygens (including phenoxy) is 1. The molecule has 29 heavy (non-hydrogen) atoms. The summed E-state index contributed by atoms with van der Waals surface area (Å²) in [5, 5.41) is 19.2. The number of amides is 2. The number of benzene rings is 1. The van der Waals surface area contributed by atoms with Gasteiger partial charge in [-0.05, 0) is 43.0 Å². The van der Waals surface area contributed by atoms with Crippen molar-refractivity contribution >= 4 is 17.5 Å². The van der Waals surface area contributed by atoms with Crippen molar-refractivity contribution in [1.29, 1.82) is 0 Å². The first-order valence-corrected chi connectivity index (χ1v) is 10.2. The van der Waals surface area contributed by atoms with Crippen molar-refractivity contribution in [1.82, 2.24) is 10.4 Å². The maximum atomic E-state index is 13.2. The molecule has 8 nitrogen and oxygen atoms in total. The third kappa shape index (κ3) is 4.64. The third-order valence-electron chi connectivity index (χ3n) is 5.75. The van der Waals surface area contributed by atoms with Crippen molar-refractivity contribution in [3.05, 3.63) is 23.8 Å². The SMILES string of the molecule is CC(C)C[C@H](C(=O)N1CCN(c2ccc3c(c2)CCO3)C[C@H]1C)[C@H](O)C(=O)NO. The average molecular weight is 405 g/mol. The number of fused-ring (bicyclic) bond motifs is 1. The summed E-state index contributed by atoms with van der Waals surface area (Å²) in [6, 6.07) is 6.14. The maximum absolute atomic E-state index is 13.2. The lowest BCUT2D eigenvalue weighted by atomic mass is 9.89. The van der Waals surface area contributed by atoms with Crippen molar-refractivity contribution in [2.45, 2.75) is 45.8 Å². The van der Waals surface area contributed by atoms with E-state index in [9.17, 15) is 14.7 Å². The molecule has 0 spiro atoms. The summed E-state index contributed by atoms with van der Waals surface area (Å²) >= 11 is 0. The van der Waals surface area contributed by atoms with Crippen LogP contribution in [-0.4, -0.2) is 65.4 Å². The first kappa shape index (κ1) is 21.4. The number of nitrogens with zero attached hydrogens (tertiary/aromatic N) is 2. The van der Waals surface area contributed by atoms with Gasteiger partial charge in [0.05, 0.1) is 12.5 Å². The largest absolute Gasteiger partial charge is 0.493 e. The van der Waals surface area contributed by atoms with Crippen LogP contribution in [-0.2, 0) is 16.0 Å². The van der Waals surface area contributed by atoms with Gasteiger partial charge in [0, 0.05) is 37.8 Å². The monoisotopic (exact) mass is 405 g/mol. The molecule has 3 N–H and O–H groups in total. The number of hydrogen-bond acceptors (Lipinski definition) is 6. The van der Waals surface area contributed by atoms with Crippen molar-refractivity contribution in [2.24, 2.45) is 11.8 Å². The summed E-state index contributed by atoms with van der Waals surface area (Å²) in [7, 11) is 0. The maximum Gasteiger partial charge on any atom is 0.272 e. The zero-order chi connectivity index (χ0) is 21.1. The van der Waals surface area contributed by atoms with E-state index < -0.39 is 17.9 Å². The van der Waals surface area contributed by atoms with E-state index in [4.69, 9.17) is 9.94 Å². The van der Waals surface area contributed by atoms with E-state index in [1.54, 1.807) is 4.90 Å². The summed E-state index contributed by atoms with van der Waals surface area (Å²) < 4.78 is 5.57. The minimum atomic E-state index is -1.57. The molecule has 1 saturated heterocycles. The Kier molecular flexibility index (Phi) is 6.64. The van der Waals surface area contributed by atoms with Gasteiger partial charge in [-0.25, -0.2) is 5.48 Å². The number of hydroxylamine groups is 1. The lowest BCUT2D eigenvalue weighted by molar-refractivity contribution is -0.152. The molecular weight excluding hydrogens is 374 g/mol. The lowest BCUT2D eigenvalue weighted by Crippen LogP contribution is -2.57. The number of hydrogen-bond donors (Lipinski definition) is 3. The molecule has 160 valence electrons. The van der Waals surface area contributed by atoms with Gasteiger partial charge in [-0.2, -0.15) is 0 Å². The molecule has 3 rings (SSSR count). The van der Waals surface area contributed by atoms with Gasteiger partial charge in [0.15, 0.2) is 0 Å². The second-order valence-electron chi connectivity index (χ2n) is 8.37. The van der Waals surface area contributed by atoms with Crippen LogP contribution in [0, 0.1) is 11.8 Å². The van der Waals surface area contributed by atoms with E-state index in [1.807, 2.05) is 32.9 Å². The van der Waals surface area contributed by atoms with Crippen molar-refractivity contribution in [2.75, 3.05) is 31.1 Å². The predicted octanol–water partition coefficient (Wildman–Crippen LogP) is 1.19. The standard InChI is InChI=1S/C21H31N3O5/c1-13(2)10-17(19(25)20(26)22-28)21(27)24-8-7-23(12-14(24)3)16-4-5-18-15(11-16)6-9-29-18/h4-5,11,13-14,17,19,25,28H,6-10,12H2,1-3H3,(H,22,26)/t14-,17+,19+/m1/s1. The van der Waals surface area contributed by atoms with Crippen LogP contribution in [0.3, 0.4) is 0 Å². The fraction of sp³-hybridized carbons (Fsp3) is 0.619. The fourth-order valence-electron chi connectivity index (χ4n) is 4.22. The van der Waals surface area contributed by atoms with E-state index in [2.05, 4.69) is 11.0 Å².